The summed E-state index contributed by atoms with van der Waals surface area (Å²) >= 11 is 1.78. The maximum absolute atomic E-state index is 4.77. The number of rotatable bonds is 4. The average molecular weight is 630 g/mol. The Bertz CT molecular complexity index is 2620. The Labute approximate surface area is 281 Å². The number of nitrogens with zero attached hydrogens (tertiary/aromatic N) is 3. The first-order valence-electron chi connectivity index (χ1n) is 16.1. The second-order valence-electron chi connectivity index (χ2n) is 12.4. The van der Waals surface area contributed by atoms with Gasteiger partial charge in [0.1, 0.15) is 0 Å². The van der Waals surface area contributed by atoms with Crippen LogP contribution in [0.25, 0.3) is 93.1 Å². The van der Waals surface area contributed by atoms with Crippen molar-refractivity contribution in [1.82, 2.24) is 14.5 Å². The van der Waals surface area contributed by atoms with Crippen molar-refractivity contribution in [3.05, 3.63) is 163 Å². The minimum absolute atomic E-state index is 1.01. The number of aromatic nitrogens is 3. The number of benzene rings is 5. The molecule has 10 rings (SSSR count). The lowest BCUT2D eigenvalue weighted by molar-refractivity contribution is 1.18. The van der Waals surface area contributed by atoms with Crippen molar-refractivity contribution < 1.29 is 0 Å². The Morgan fingerprint density at radius 3 is 1.60 bits per heavy atom. The van der Waals surface area contributed by atoms with E-state index in [-0.39, 0.29) is 0 Å². The Morgan fingerprint density at radius 2 is 1.00 bits per heavy atom. The molecule has 0 unspecified atom stereocenters. The predicted octanol–water partition coefficient (Wildman–Crippen LogP) is 12.0. The van der Waals surface area contributed by atoms with E-state index in [9.17, 15) is 0 Å². The van der Waals surface area contributed by atoms with Gasteiger partial charge in [-0.3, -0.25) is 9.97 Å². The molecule has 0 bridgehead atoms. The molecule has 2 aliphatic rings. The highest BCUT2D eigenvalue weighted by Gasteiger charge is 2.16. The topological polar surface area (TPSA) is 30.7 Å². The van der Waals surface area contributed by atoms with E-state index in [1.807, 2.05) is 24.5 Å². The summed E-state index contributed by atoms with van der Waals surface area (Å²) in [5.41, 5.74) is 13.8. The quantitative estimate of drug-likeness (QED) is 0.194. The van der Waals surface area contributed by atoms with E-state index in [0.29, 0.717) is 0 Å². The molecule has 0 radical (unpaired) electrons. The number of para-hydroxylation sites is 2. The fourth-order valence-corrected chi connectivity index (χ4v) is 7.84. The number of pyridine rings is 2. The van der Waals surface area contributed by atoms with Crippen LogP contribution in [0.2, 0.25) is 0 Å². The molecule has 1 aliphatic heterocycles. The van der Waals surface area contributed by atoms with Crippen LogP contribution in [0.3, 0.4) is 0 Å². The molecule has 0 N–H and O–H groups in total. The van der Waals surface area contributed by atoms with Crippen LogP contribution in [0, 0.1) is 0 Å². The van der Waals surface area contributed by atoms with E-state index in [2.05, 4.69) is 143 Å². The van der Waals surface area contributed by atoms with Gasteiger partial charge in [-0.25, -0.2) is 0 Å². The van der Waals surface area contributed by atoms with Gasteiger partial charge in [-0.15, -0.1) is 11.3 Å². The molecule has 1 aliphatic carbocycles. The third-order valence-corrected chi connectivity index (χ3v) is 10.4. The zero-order valence-electron chi connectivity index (χ0n) is 25.8. The Hall–Kier alpha value is -6.10. The van der Waals surface area contributed by atoms with Crippen LogP contribution in [0.15, 0.2) is 163 Å². The monoisotopic (exact) mass is 629 g/mol. The molecule has 0 spiro atoms. The van der Waals surface area contributed by atoms with Crippen LogP contribution in [-0.4, -0.2) is 14.5 Å². The van der Waals surface area contributed by atoms with Crippen LogP contribution in [0.4, 0.5) is 0 Å². The van der Waals surface area contributed by atoms with Gasteiger partial charge in [-0.1, -0.05) is 72.8 Å². The van der Waals surface area contributed by atoms with Gasteiger partial charge in [-0.05, 0) is 106 Å². The van der Waals surface area contributed by atoms with Crippen molar-refractivity contribution in [3.8, 4) is 49.5 Å². The summed E-state index contributed by atoms with van der Waals surface area (Å²) < 4.78 is 2.39. The van der Waals surface area contributed by atoms with Crippen molar-refractivity contribution in [2.75, 3.05) is 0 Å². The molecule has 3 nitrogen and oxygen atoms in total. The lowest BCUT2D eigenvalue weighted by Crippen LogP contribution is -1.94. The lowest BCUT2D eigenvalue weighted by Gasteiger charge is -2.10. The molecular formula is C44H27N3S. The number of hydrogen-bond acceptors (Lipinski definition) is 3. The van der Waals surface area contributed by atoms with Crippen LogP contribution >= 0.6 is 11.3 Å². The molecule has 4 heteroatoms. The van der Waals surface area contributed by atoms with Gasteiger partial charge in [0.05, 0.1) is 22.1 Å². The SMILES string of the molecule is c1csc2cc(-c3ccc(-n4c5ccc(-c6cnc7ccccc7c6)cc5c5cc(-c6cnc7ccccc7c6)ccc54)cc3)cc-2c1. The highest BCUT2D eigenvalue weighted by Crippen LogP contribution is 2.39. The molecule has 0 saturated heterocycles. The fraction of sp³-hybridized carbons (Fsp3) is 0. The second-order valence-corrected chi connectivity index (χ2v) is 13.3. The predicted molar refractivity (Wildman–Crippen MR) is 202 cm³/mol. The summed E-state index contributed by atoms with van der Waals surface area (Å²) in [5.74, 6) is 0. The van der Waals surface area contributed by atoms with Crippen LogP contribution in [0.1, 0.15) is 0 Å². The van der Waals surface area contributed by atoms with Gasteiger partial charge in [0.25, 0.3) is 0 Å². The zero-order chi connectivity index (χ0) is 31.6. The number of fused-ring (bicyclic) bond motifs is 6. The van der Waals surface area contributed by atoms with E-state index < -0.39 is 0 Å². The molecule has 0 atom stereocenters. The molecule has 5 aromatic carbocycles. The van der Waals surface area contributed by atoms with E-state index >= 15 is 0 Å². The molecule has 3 aromatic heterocycles. The Balaban J connectivity index is 1.15. The van der Waals surface area contributed by atoms with Crippen LogP contribution in [-0.2, 0) is 0 Å². The summed E-state index contributed by atoms with van der Waals surface area (Å²) in [6.45, 7) is 0. The molecule has 48 heavy (non-hydrogen) atoms. The summed E-state index contributed by atoms with van der Waals surface area (Å²) in [7, 11) is 0. The van der Waals surface area contributed by atoms with E-state index in [4.69, 9.17) is 9.97 Å². The summed E-state index contributed by atoms with van der Waals surface area (Å²) in [4.78, 5) is 10.8. The standard InChI is InChI=1S/C44H27N3S/c1-3-9-40-31(6-1)20-35(26-45-40)29-13-17-42-38(23-29)39-24-30(36-21-32-7-2-4-10-41(32)46-27-36)14-18-43(39)47(42)37-15-11-28(12-16-37)34-22-33-8-5-19-48-44(33)25-34/h1-27H. The first kappa shape index (κ1) is 27.1. The van der Waals surface area contributed by atoms with Gasteiger partial charge in [-0.2, -0.15) is 0 Å². The Morgan fingerprint density at radius 1 is 0.417 bits per heavy atom. The van der Waals surface area contributed by atoms with Gasteiger partial charge in [0.15, 0.2) is 0 Å². The molecule has 0 saturated carbocycles. The van der Waals surface area contributed by atoms with Crippen molar-refractivity contribution in [3.63, 3.8) is 0 Å². The van der Waals surface area contributed by atoms with E-state index in [1.165, 1.54) is 43.4 Å². The molecule has 4 heterocycles. The molecule has 8 aromatic rings. The maximum Gasteiger partial charge on any atom is 0.0702 e. The smallest absolute Gasteiger partial charge is 0.0702 e. The maximum atomic E-state index is 4.77. The summed E-state index contributed by atoms with van der Waals surface area (Å²) in [6, 6.07) is 52.6. The van der Waals surface area contributed by atoms with Crippen LogP contribution < -0.4 is 0 Å². The van der Waals surface area contributed by atoms with Crippen LogP contribution in [0.5, 0.6) is 0 Å². The highest BCUT2D eigenvalue weighted by molar-refractivity contribution is 7.13. The summed E-state index contributed by atoms with van der Waals surface area (Å²) in [5, 5.41) is 6.84. The average Bonchev–Trinajstić information content (AvgIpc) is 3.73. The zero-order valence-corrected chi connectivity index (χ0v) is 26.7. The van der Waals surface area contributed by atoms with Crippen molar-refractivity contribution >= 4 is 54.9 Å². The van der Waals surface area contributed by atoms with Gasteiger partial charge < -0.3 is 4.57 Å². The van der Waals surface area contributed by atoms with Gasteiger partial charge >= 0.3 is 0 Å². The largest absolute Gasteiger partial charge is 0.309 e. The van der Waals surface area contributed by atoms with Gasteiger partial charge in [0.2, 0.25) is 0 Å². The fourth-order valence-electron chi connectivity index (χ4n) is 7.08. The van der Waals surface area contributed by atoms with Crippen molar-refractivity contribution in [2.45, 2.75) is 0 Å². The molecule has 224 valence electrons. The Kier molecular flexibility index (Phi) is 6.05. The molecule has 0 amide bonds. The van der Waals surface area contributed by atoms with E-state index in [1.54, 1.807) is 11.3 Å². The highest BCUT2D eigenvalue weighted by atomic mass is 32.1. The van der Waals surface area contributed by atoms with Crippen molar-refractivity contribution in [2.24, 2.45) is 0 Å². The minimum atomic E-state index is 1.01. The third-order valence-electron chi connectivity index (χ3n) is 9.50. The van der Waals surface area contributed by atoms with E-state index in [0.717, 1.165) is 49.7 Å². The van der Waals surface area contributed by atoms with Gasteiger partial charge in [0, 0.05) is 55.6 Å². The van der Waals surface area contributed by atoms with Crippen molar-refractivity contribution in [1.29, 1.82) is 0 Å². The molecular weight excluding hydrogens is 603 g/mol. The normalized spacial score (nSPS) is 11.8. The number of hydrogen-bond donors (Lipinski definition) is 0. The first-order chi connectivity index (χ1) is 23.7. The second kappa shape index (κ2) is 10.7. The third kappa shape index (κ3) is 4.42. The first-order valence-corrected chi connectivity index (χ1v) is 17.0. The minimum Gasteiger partial charge on any atom is -0.309 e. The lowest BCUT2D eigenvalue weighted by atomic mass is 10.0. The summed E-state index contributed by atoms with van der Waals surface area (Å²) in [6.07, 6.45) is 3.97. The molecule has 0 fully saturated rings.